The second-order valence-corrected chi connectivity index (χ2v) is 16.1. The molecule has 0 aromatic heterocycles. The van der Waals surface area contributed by atoms with Gasteiger partial charge in [-0.25, -0.2) is 9.18 Å². The number of hydrogen-bond donors (Lipinski definition) is 5. The number of urea groups is 1. The quantitative estimate of drug-likeness (QED) is 0.203. The van der Waals surface area contributed by atoms with E-state index in [2.05, 4.69) is 21.3 Å². The predicted octanol–water partition coefficient (Wildman–Crippen LogP) is 2.70. The third kappa shape index (κ3) is 10.7. The molecule has 17 heteroatoms. The molecule has 314 valence electrons. The molecule has 0 radical (unpaired) electrons. The summed E-state index contributed by atoms with van der Waals surface area (Å²) < 4.78 is 14.5. The molecule has 3 heterocycles. The van der Waals surface area contributed by atoms with Crippen LogP contribution in [0.1, 0.15) is 70.4 Å². The number of nitrogens with one attached hydrogen (secondary N) is 4. The van der Waals surface area contributed by atoms with Crippen molar-refractivity contribution in [1.82, 2.24) is 30.7 Å². The van der Waals surface area contributed by atoms with Crippen LogP contribution >= 0.6 is 11.6 Å². The molecule has 3 fully saturated rings. The van der Waals surface area contributed by atoms with Crippen molar-refractivity contribution in [2.45, 2.75) is 109 Å². The van der Waals surface area contributed by atoms with Crippen LogP contribution in [0.5, 0.6) is 0 Å². The number of benzene rings is 2. The van der Waals surface area contributed by atoms with Gasteiger partial charge >= 0.3 is 6.03 Å². The normalized spacial score (nSPS) is 22.1. The summed E-state index contributed by atoms with van der Waals surface area (Å²) in [5.74, 6) is -3.63. The minimum atomic E-state index is -1.49. The van der Waals surface area contributed by atoms with Crippen LogP contribution in [0.4, 0.5) is 14.9 Å². The van der Waals surface area contributed by atoms with Crippen LogP contribution in [0, 0.1) is 18.7 Å². The van der Waals surface area contributed by atoms with Crippen LogP contribution in [0.3, 0.4) is 0 Å². The van der Waals surface area contributed by atoms with Crippen molar-refractivity contribution in [3.63, 3.8) is 0 Å². The molecule has 7 amide bonds. The number of aliphatic hydroxyl groups excluding tert-OH is 1. The average Bonchev–Trinajstić information content (AvgIpc) is 3.84. The molecule has 3 aliphatic rings. The maximum Gasteiger partial charge on any atom is 0.319 e. The smallest absolute Gasteiger partial charge is 0.319 e. The van der Waals surface area contributed by atoms with E-state index in [-0.39, 0.29) is 54.2 Å². The summed E-state index contributed by atoms with van der Waals surface area (Å²) in [4.78, 5) is 98.6. The number of amides is 7. The van der Waals surface area contributed by atoms with E-state index in [0.29, 0.717) is 44.2 Å². The Morgan fingerprint density at radius 3 is 2.28 bits per heavy atom. The zero-order valence-corrected chi connectivity index (χ0v) is 34.0. The van der Waals surface area contributed by atoms with E-state index in [1.54, 1.807) is 19.1 Å². The molecule has 15 nitrogen and oxygen atoms in total. The molecule has 0 spiro atoms. The van der Waals surface area contributed by atoms with Crippen molar-refractivity contribution in [3.05, 3.63) is 64.4 Å². The zero-order valence-electron chi connectivity index (χ0n) is 33.3. The number of aryl methyl sites for hydroxylation is 1. The number of carbonyl (C=O) groups is 7. The molecular weight excluding hydrogens is 773 g/mol. The Labute approximate surface area is 342 Å². The Morgan fingerprint density at radius 2 is 1.59 bits per heavy atom. The number of likely N-dealkylation sites (tertiary alicyclic amines) is 3. The van der Waals surface area contributed by atoms with Crippen LogP contribution in [-0.2, 0) is 35.2 Å². The lowest BCUT2D eigenvalue weighted by Gasteiger charge is -2.39. The van der Waals surface area contributed by atoms with E-state index in [4.69, 9.17) is 11.6 Å². The number of rotatable bonds is 13. The highest BCUT2D eigenvalue weighted by molar-refractivity contribution is 6.30. The van der Waals surface area contributed by atoms with E-state index in [9.17, 15) is 43.1 Å². The Hall–Kier alpha value is -5.09. The molecule has 58 heavy (non-hydrogen) atoms. The van der Waals surface area contributed by atoms with Gasteiger partial charge in [0.1, 0.15) is 36.0 Å². The lowest BCUT2D eigenvalue weighted by atomic mass is 9.99. The first-order valence-corrected chi connectivity index (χ1v) is 20.2. The molecule has 0 aliphatic carbocycles. The van der Waals surface area contributed by atoms with Crippen LogP contribution in [0.2, 0.25) is 5.02 Å². The molecule has 7 atom stereocenters. The topological polar surface area (TPSA) is 198 Å². The highest BCUT2D eigenvalue weighted by atomic mass is 35.5. The molecule has 0 unspecified atom stereocenters. The first-order valence-electron chi connectivity index (χ1n) is 19.8. The second-order valence-electron chi connectivity index (χ2n) is 15.6. The van der Waals surface area contributed by atoms with Gasteiger partial charge in [0, 0.05) is 31.1 Å². The zero-order chi connectivity index (χ0) is 42.3. The van der Waals surface area contributed by atoms with E-state index in [0.717, 1.165) is 11.6 Å². The third-order valence-electron chi connectivity index (χ3n) is 11.0. The Bertz CT molecular complexity index is 1900. The SMILES string of the molecule is CC(=O)[C@@H]1C[C@H](C)CN1C(=O)[C@H](C)NC(=O)[C@@H]1CCCCN1C(=O)[C@@H]1CCCN1C(=O)[C@H](CO)NC(=O)[C@H](Cc1cccc(C)c1)NC(=O)Nc1ccc(Cl)cc1F. The van der Waals surface area contributed by atoms with Crippen molar-refractivity contribution in [3.8, 4) is 0 Å². The van der Waals surface area contributed by atoms with Crippen LogP contribution in [0.15, 0.2) is 42.5 Å². The summed E-state index contributed by atoms with van der Waals surface area (Å²) in [5.41, 5.74) is 1.40. The minimum absolute atomic E-state index is 0.0156. The van der Waals surface area contributed by atoms with Gasteiger partial charge in [0.15, 0.2) is 5.78 Å². The molecule has 0 saturated carbocycles. The number of Topliss-reactive ketones (excluding diaryl/α,β-unsaturated/α-hetero) is 1. The van der Waals surface area contributed by atoms with Gasteiger partial charge in [-0.3, -0.25) is 28.8 Å². The standard InChI is InChI=1S/C41H53ClFN7O8/c1-23-9-7-10-27(17-23)19-31(47-41(58)46-30-14-13-28(42)20-29(30)43)36(53)45-32(22-51)39(56)49-16-8-12-34(49)40(57)48-15-6-5-11-33(48)37(54)44-25(3)38(55)50-21-24(2)18-35(50)26(4)52/h7,9-10,13-14,17,20,24-25,31-35,51H,5-6,8,11-12,15-16,18-19,21-22H2,1-4H3,(H,44,54)(H,45,53)(H2,46,47,58)/t24-,25-,31-,32-,33-,34-,35-/m0/s1. The van der Waals surface area contributed by atoms with Crippen LogP contribution in [0.25, 0.3) is 0 Å². The second kappa shape index (κ2) is 19.6. The van der Waals surface area contributed by atoms with Crippen molar-refractivity contribution in [2.75, 3.05) is 31.6 Å². The number of piperidine rings is 1. The number of aliphatic hydroxyl groups is 1. The molecule has 5 N–H and O–H groups in total. The molecule has 2 aromatic carbocycles. The monoisotopic (exact) mass is 825 g/mol. The fourth-order valence-corrected chi connectivity index (χ4v) is 8.25. The van der Waals surface area contributed by atoms with Crippen LogP contribution < -0.4 is 21.3 Å². The molecule has 5 rings (SSSR count). The summed E-state index contributed by atoms with van der Waals surface area (Å²) in [7, 11) is 0. The van der Waals surface area contributed by atoms with Gasteiger partial charge in [0.2, 0.25) is 29.5 Å². The Morgan fingerprint density at radius 1 is 0.862 bits per heavy atom. The summed E-state index contributed by atoms with van der Waals surface area (Å²) in [6, 6.07) is 3.85. The fraction of sp³-hybridized carbons (Fsp3) is 0.537. The maximum absolute atomic E-state index is 14.5. The molecular formula is C41H53ClFN7O8. The van der Waals surface area contributed by atoms with Crippen molar-refractivity contribution in [2.24, 2.45) is 5.92 Å². The molecule has 0 bridgehead atoms. The lowest BCUT2D eigenvalue weighted by Crippen LogP contribution is -2.61. The lowest BCUT2D eigenvalue weighted by molar-refractivity contribution is -0.151. The Balaban J connectivity index is 1.26. The van der Waals surface area contributed by atoms with E-state index in [1.165, 1.54) is 33.8 Å². The summed E-state index contributed by atoms with van der Waals surface area (Å²) in [6.45, 7) is 6.82. The van der Waals surface area contributed by atoms with Gasteiger partial charge in [-0.05, 0) is 89.0 Å². The first kappa shape index (κ1) is 44.0. The predicted molar refractivity (Wildman–Crippen MR) is 213 cm³/mol. The van der Waals surface area contributed by atoms with E-state index in [1.807, 2.05) is 26.0 Å². The van der Waals surface area contributed by atoms with Gasteiger partial charge in [0.25, 0.3) is 0 Å². The van der Waals surface area contributed by atoms with Crippen molar-refractivity contribution < 1.29 is 43.1 Å². The number of nitrogens with zero attached hydrogens (tertiary/aromatic N) is 3. The number of anilines is 1. The summed E-state index contributed by atoms with van der Waals surface area (Å²) in [6.07, 6.45) is 2.91. The minimum Gasteiger partial charge on any atom is -0.394 e. The fourth-order valence-electron chi connectivity index (χ4n) is 8.09. The Kier molecular flexibility index (Phi) is 14.9. The highest BCUT2D eigenvalue weighted by Crippen LogP contribution is 2.27. The number of ketones is 1. The molecule has 3 aliphatic heterocycles. The largest absolute Gasteiger partial charge is 0.394 e. The number of carbonyl (C=O) groups excluding carboxylic acids is 7. The van der Waals surface area contributed by atoms with E-state index < -0.39 is 78.3 Å². The maximum atomic E-state index is 14.5. The molecule has 3 saturated heterocycles. The molecule has 2 aromatic rings. The summed E-state index contributed by atoms with van der Waals surface area (Å²) >= 11 is 5.83. The van der Waals surface area contributed by atoms with E-state index >= 15 is 0 Å². The third-order valence-corrected chi connectivity index (χ3v) is 11.3. The van der Waals surface area contributed by atoms with Gasteiger partial charge in [-0.1, -0.05) is 48.4 Å². The van der Waals surface area contributed by atoms with Gasteiger partial charge in [0.05, 0.1) is 18.3 Å². The van der Waals surface area contributed by atoms with Gasteiger partial charge in [-0.15, -0.1) is 0 Å². The number of halogens is 2. The highest BCUT2D eigenvalue weighted by Gasteiger charge is 2.44. The van der Waals surface area contributed by atoms with Crippen LogP contribution in [-0.4, -0.2) is 124 Å². The van der Waals surface area contributed by atoms with Crippen molar-refractivity contribution >= 4 is 58.6 Å². The summed E-state index contributed by atoms with van der Waals surface area (Å²) in [5, 5.41) is 20.7. The van der Waals surface area contributed by atoms with Crippen molar-refractivity contribution in [1.29, 1.82) is 0 Å². The first-order chi connectivity index (χ1) is 27.6. The number of hydrogen-bond acceptors (Lipinski definition) is 8. The average molecular weight is 826 g/mol. The van der Waals surface area contributed by atoms with Gasteiger partial charge < -0.3 is 41.1 Å². The van der Waals surface area contributed by atoms with Gasteiger partial charge in [-0.2, -0.15) is 0 Å².